The molecule has 2 amide bonds. The monoisotopic (exact) mass is 281 g/mol. The summed E-state index contributed by atoms with van der Waals surface area (Å²) in [7, 11) is 4.61. The van der Waals surface area contributed by atoms with Crippen LogP contribution in [0.4, 0.5) is 10.6 Å². The Morgan fingerprint density at radius 1 is 1.30 bits per heavy atom. The van der Waals surface area contributed by atoms with Crippen LogP contribution in [0.1, 0.15) is 16.3 Å². The summed E-state index contributed by atoms with van der Waals surface area (Å²) in [5.41, 5.74) is 0.653. The maximum atomic E-state index is 11.4. The summed E-state index contributed by atoms with van der Waals surface area (Å²) < 4.78 is 4.58. The van der Waals surface area contributed by atoms with E-state index >= 15 is 0 Å². The molecule has 0 radical (unpaired) electrons. The highest BCUT2D eigenvalue weighted by Gasteiger charge is 2.11. The van der Waals surface area contributed by atoms with Crippen LogP contribution in [0.25, 0.3) is 0 Å². The molecule has 8 nitrogen and oxygen atoms in total. The molecule has 0 aliphatic rings. The smallest absolute Gasteiger partial charge is 0.376 e. The molecule has 0 bridgehead atoms. The van der Waals surface area contributed by atoms with Gasteiger partial charge < -0.3 is 20.3 Å². The number of ether oxygens (including phenoxy) is 1. The first-order valence-electron chi connectivity index (χ1n) is 6.07. The predicted molar refractivity (Wildman–Crippen MR) is 73.7 cm³/mol. The Morgan fingerprint density at radius 3 is 2.60 bits per heavy atom. The van der Waals surface area contributed by atoms with Crippen molar-refractivity contribution in [2.75, 3.05) is 39.6 Å². The van der Waals surface area contributed by atoms with Crippen LogP contribution < -0.4 is 10.6 Å². The van der Waals surface area contributed by atoms with E-state index in [1.54, 1.807) is 27.1 Å². The van der Waals surface area contributed by atoms with Gasteiger partial charge in [0.2, 0.25) is 5.82 Å². The Balaban J connectivity index is 2.54. The third kappa shape index (κ3) is 4.71. The molecular formula is C12H19N5O3. The van der Waals surface area contributed by atoms with Gasteiger partial charge in [-0.3, -0.25) is 0 Å². The molecule has 1 rings (SSSR count). The second-order valence-electron chi connectivity index (χ2n) is 4.26. The number of methoxy groups -OCH3 is 1. The lowest BCUT2D eigenvalue weighted by molar-refractivity contribution is 0.0586. The molecule has 0 unspecified atom stereocenters. The number of aryl methyl sites for hydroxylation is 1. The Labute approximate surface area is 117 Å². The average Bonchev–Trinajstić information content (AvgIpc) is 2.41. The van der Waals surface area contributed by atoms with Gasteiger partial charge in [0.1, 0.15) is 5.82 Å². The van der Waals surface area contributed by atoms with E-state index in [1.807, 2.05) is 0 Å². The molecule has 0 aromatic carbocycles. The molecule has 1 heterocycles. The van der Waals surface area contributed by atoms with E-state index in [0.29, 0.717) is 24.6 Å². The fourth-order valence-electron chi connectivity index (χ4n) is 1.36. The minimum atomic E-state index is -0.585. The number of carbonyl (C=O) groups is 2. The fourth-order valence-corrected chi connectivity index (χ4v) is 1.36. The van der Waals surface area contributed by atoms with Crippen molar-refractivity contribution in [1.82, 2.24) is 20.2 Å². The molecular weight excluding hydrogens is 262 g/mol. The minimum absolute atomic E-state index is 0.00678. The summed E-state index contributed by atoms with van der Waals surface area (Å²) in [4.78, 5) is 32.1. The number of nitrogens with zero attached hydrogens (tertiary/aromatic N) is 3. The zero-order chi connectivity index (χ0) is 15.1. The van der Waals surface area contributed by atoms with Crippen molar-refractivity contribution in [2.24, 2.45) is 0 Å². The molecule has 1 aromatic rings. The van der Waals surface area contributed by atoms with E-state index in [2.05, 4.69) is 25.3 Å². The molecule has 2 N–H and O–H groups in total. The summed E-state index contributed by atoms with van der Waals surface area (Å²) in [6.45, 7) is 2.68. The Bertz CT molecular complexity index is 490. The first-order valence-corrected chi connectivity index (χ1v) is 6.07. The average molecular weight is 281 g/mol. The molecule has 0 aliphatic carbocycles. The lowest BCUT2D eigenvalue weighted by Crippen LogP contribution is -2.37. The quantitative estimate of drug-likeness (QED) is 0.593. The van der Waals surface area contributed by atoms with E-state index in [-0.39, 0.29) is 11.9 Å². The van der Waals surface area contributed by atoms with Gasteiger partial charge in [-0.25, -0.2) is 19.6 Å². The van der Waals surface area contributed by atoms with Crippen molar-refractivity contribution < 1.29 is 14.3 Å². The molecule has 0 saturated carbocycles. The number of esters is 1. The van der Waals surface area contributed by atoms with Gasteiger partial charge in [-0.1, -0.05) is 0 Å². The second-order valence-corrected chi connectivity index (χ2v) is 4.26. The van der Waals surface area contributed by atoms with Crippen molar-refractivity contribution in [1.29, 1.82) is 0 Å². The van der Waals surface area contributed by atoms with Crippen LogP contribution in [-0.4, -0.2) is 61.2 Å². The Kier molecular flexibility index (Phi) is 5.70. The number of hydrogen-bond acceptors (Lipinski definition) is 6. The number of urea groups is 1. The van der Waals surface area contributed by atoms with Crippen LogP contribution in [0, 0.1) is 6.92 Å². The van der Waals surface area contributed by atoms with Crippen molar-refractivity contribution in [2.45, 2.75) is 6.92 Å². The maximum absolute atomic E-state index is 11.4. The first kappa shape index (κ1) is 15.7. The number of anilines is 1. The van der Waals surface area contributed by atoms with Gasteiger partial charge in [-0.2, -0.15) is 0 Å². The molecule has 1 aromatic heterocycles. The van der Waals surface area contributed by atoms with Crippen molar-refractivity contribution in [3.05, 3.63) is 17.6 Å². The number of rotatable bonds is 5. The van der Waals surface area contributed by atoms with Crippen LogP contribution in [0.3, 0.4) is 0 Å². The van der Waals surface area contributed by atoms with Crippen LogP contribution >= 0.6 is 0 Å². The topological polar surface area (TPSA) is 96.4 Å². The molecule has 8 heteroatoms. The molecule has 110 valence electrons. The largest absolute Gasteiger partial charge is 0.463 e. The van der Waals surface area contributed by atoms with E-state index in [0.717, 1.165) is 0 Å². The van der Waals surface area contributed by atoms with Crippen LogP contribution in [0.15, 0.2) is 6.07 Å². The van der Waals surface area contributed by atoms with Crippen LogP contribution in [0.2, 0.25) is 0 Å². The third-order valence-electron chi connectivity index (χ3n) is 2.34. The van der Waals surface area contributed by atoms with Gasteiger partial charge in [-0.15, -0.1) is 0 Å². The SMILES string of the molecule is COC(=O)c1nc(C)cc(NCCNC(=O)N(C)C)n1. The standard InChI is InChI=1S/C12H19N5O3/c1-8-7-9(16-10(15-8)11(18)20-4)13-5-6-14-12(19)17(2)3/h7H,5-6H2,1-4H3,(H,14,19)(H,13,15,16). The molecule has 0 aliphatic heterocycles. The van der Waals surface area contributed by atoms with E-state index in [1.165, 1.54) is 12.0 Å². The van der Waals surface area contributed by atoms with Gasteiger partial charge >= 0.3 is 12.0 Å². The van der Waals surface area contributed by atoms with Gasteiger partial charge in [0, 0.05) is 38.9 Å². The zero-order valence-corrected chi connectivity index (χ0v) is 12.1. The zero-order valence-electron chi connectivity index (χ0n) is 12.1. The summed E-state index contributed by atoms with van der Waals surface area (Å²) in [5, 5.41) is 5.71. The number of carbonyl (C=O) groups excluding carboxylic acids is 2. The Morgan fingerprint density at radius 2 is 2.00 bits per heavy atom. The summed E-state index contributed by atoms with van der Waals surface area (Å²) in [6.07, 6.45) is 0. The lowest BCUT2D eigenvalue weighted by Gasteiger charge is -2.12. The van der Waals surface area contributed by atoms with Crippen molar-refractivity contribution in [3.63, 3.8) is 0 Å². The first-order chi connectivity index (χ1) is 9.43. The third-order valence-corrected chi connectivity index (χ3v) is 2.34. The van der Waals surface area contributed by atoms with Crippen molar-refractivity contribution in [3.8, 4) is 0 Å². The van der Waals surface area contributed by atoms with Crippen molar-refractivity contribution >= 4 is 17.8 Å². The maximum Gasteiger partial charge on any atom is 0.376 e. The normalized spacial score (nSPS) is 9.80. The highest BCUT2D eigenvalue weighted by molar-refractivity contribution is 5.85. The molecule has 0 atom stereocenters. The van der Waals surface area contributed by atoms with Gasteiger partial charge in [0.25, 0.3) is 0 Å². The highest BCUT2D eigenvalue weighted by Crippen LogP contribution is 2.06. The molecule has 0 spiro atoms. The van der Waals surface area contributed by atoms with Crippen LogP contribution in [-0.2, 0) is 4.74 Å². The molecule has 0 saturated heterocycles. The molecule has 0 fully saturated rings. The number of amides is 2. The Hall–Kier alpha value is -2.38. The second kappa shape index (κ2) is 7.27. The minimum Gasteiger partial charge on any atom is -0.463 e. The van der Waals surface area contributed by atoms with Gasteiger partial charge in [0.05, 0.1) is 7.11 Å². The van der Waals surface area contributed by atoms with E-state index in [9.17, 15) is 9.59 Å². The molecule has 20 heavy (non-hydrogen) atoms. The van der Waals surface area contributed by atoms with E-state index < -0.39 is 5.97 Å². The van der Waals surface area contributed by atoms with Crippen LogP contribution in [0.5, 0.6) is 0 Å². The number of aromatic nitrogens is 2. The highest BCUT2D eigenvalue weighted by atomic mass is 16.5. The van der Waals surface area contributed by atoms with Gasteiger partial charge in [0.15, 0.2) is 0 Å². The van der Waals surface area contributed by atoms with E-state index in [4.69, 9.17) is 0 Å². The number of nitrogens with one attached hydrogen (secondary N) is 2. The van der Waals surface area contributed by atoms with Gasteiger partial charge in [-0.05, 0) is 6.92 Å². The fraction of sp³-hybridized carbons (Fsp3) is 0.500. The summed E-state index contributed by atoms with van der Waals surface area (Å²) in [5.74, 6) is -0.0676. The summed E-state index contributed by atoms with van der Waals surface area (Å²) >= 11 is 0. The summed E-state index contributed by atoms with van der Waals surface area (Å²) in [6, 6.07) is 1.54. The predicted octanol–water partition coefficient (Wildman–Crippen LogP) is 0.255. The lowest BCUT2D eigenvalue weighted by atomic mass is 10.4. The number of hydrogen-bond donors (Lipinski definition) is 2.